The average Bonchev–Trinajstić information content (AvgIpc) is 2.90. The second kappa shape index (κ2) is 11.9. The normalized spacial score (nSPS) is 13.4. The first-order chi connectivity index (χ1) is 18.1. The lowest BCUT2D eigenvalue weighted by Gasteiger charge is -2.28. The van der Waals surface area contributed by atoms with E-state index in [4.69, 9.17) is 4.74 Å². The fraction of sp³-hybridized carbons (Fsp3) is 0.303. The number of aromatic carboxylic acids is 1. The van der Waals surface area contributed by atoms with Gasteiger partial charge < -0.3 is 20.3 Å². The third kappa shape index (κ3) is 6.87. The molecule has 4 aromatic rings. The Bertz CT molecular complexity index is 1410. The molecule has 0 amide bonds. The number of hydrogen-bond donors (Lipinski definition) is 3. The Hall–Kier alpha value is -3.51. The van der Waals surface area contributed by atoms with Gasteiger partial charge in [0, 0.05) is 12.1 Å². The van der Waals surface area contributed by atoms with Gasteiger partial charge in [0.05, 0.1) is 24.4 Å². The third-order valence-electron chi connectivity index (χ3n) is 6.99. The van der Waals surface area contributed by atoms with E-state index in [2.05, 4.69) is 55.6 Å². The van der Waals surface area contributed by atoms with Crippen LogP contribution in [0.2, 0.25) is 0 Å². The smallest absolute Gasteiger partial charge is 0.335 e. The molecule has 38 heavy (non-hydrogen) atoms. The lowest BCUT2D eigenvalue weighted by molar-refractivity contribution is -0.00397. The highest BCUT2D eigenvalue weighted by Gasteiger charge is 2.21. The maximum absolute atomic E-state index is 11.6. The molecule has 1 unspecified atom stereocenters. The highest BCUT2D eigenvalue weighted by Crippen LogP contribution is 2.31. The number of aliphatic hydroxyl groups is 1. The average molecular weight is 512 g/mol. The molecule has 0 radical (unpaired) electrons. The number of nitrogens with one attached hydrogen (secondary N) is 1. The number of β-amino-alcohol motifs (C(OH)–C–C–N with tert-alkyl or cyclic N) is 1. The first kappa shape index (κ1) is 27.5. The minimum atomic E-state index is -0.940. The Morgan fingerprint density at radius 2 is 1.66 bits per heavy atom. The summed E-state index contributed by atoms with van der Waals surface area (Å²) in [6.07, 6.45) is -0.108. The van der Waals surface area contributed by atoms with Gasteiger partial charge in [-0.15, -0.1) is 0 Å². The molecule has 5 nitrogen and oxygen atoms in total. The molecule has 0 aliphatic rings. The molecule has 0 bridgehead atoms. The van der Waals surface area contributed by atoms with Crippen LogP contribution in [0.3, 0.4) is 0 Å². The first-order valence-electron chi connectivity index (χ1n) is 13.1. The summed E-state index contributed by atoms with van der Waals surface area (Å²) in [6, 6.07) is 28.2. The number of carboxylic acid groups (broad SMARTS) is 1. The Labute approximate surface area is 225 Å². The van der Waals surface area contributed by atoms with E-state index in [9.17, 15) is 15.0 Å². The molecule has 4 aromatic carbocycles. The number of fused-ring (bicyclic) bond motifs is 1. The van der Waals surface area contributed by atoms with Crippen LogP contribution in [-0.2, 0) is 11.2 Å². The van der Waals surface area contributed by atoms with Gasteiger partial charge in [-0.05, 0) is 78.8 Å². The van der Waals surface area contributed by atoms with Crippen molar-refractivity contribution in [1.29, 1.82) is 0 Å². The van der Waals surface area contributed by atoms with Crippen molar-refractivity contribution in [3.05, 3.63) is 107 Å². The maximum atomic E-state index is 11.6. The number of carbonyl (C=O) groups is 1. The summed E-state index contributed by atoms with van der Waals surface area (Å²) in [5.41, 5.74) is 4.77. The predicted octanol–water partition coefficient (Wildman–Crippen LogP) is 6.56. The zero-order valence-electron chi connectivity index (χ0n) is 22.6. The molecule has 0 aliphatic heterocycles. The zero-order chi connectivity index (χ0) is 27.3. The third-order valence-corrected chi connectivity index (χ3v) is 6.99. The molecule has 0 saturated heterocycles. The summed E-state index contributed by atoms with van der Waals surface area (Å²) in [6.45, 7) is 8.62. The largest absolute Gasteiger partial charge is 0.478 e. The van der Waals surface area contributed by atoms with E-state index in [0.717, 1.165) is 28.7 Å². The van der Waals surface area contributed by atoms with E-state index < -0.39 is 12.1 Å². The maximum Gasteiger partial charge on any atom is 0.335 e. The topological polar surface area (TPSA) is 78.8 Å². The molecule has 0 spiro atoms. The summed E-state index contributed by atoms with van der Waals surface area (Å²) in [5, 5.41) is 26.2. The van der Waals surface area contributed by atoms with Crippen LogP contribution < -0.4 is 5.32 Å². The lowest BCUT2D eigenvalue weighted by atomic mass is 9.93. The van der Waals surface area contributed by atoms with Crippen molar-refractivity contribution in [3.8, 4) is 11.1 Å². The van der Waals surface area contributed by atoms with Crippen LogP contribution >= 0.6 is 0 Å². The van der Waals surface area contributed by atoms with Crippen LogP contribution in [-0.4, -0.2) is 41.0 Å². The molecule has 4 rings (SSSR count). The number of rotatable bonds is 11. The van der Waals surface area contributed by atoms with E-state index in [1.54, 1.807) is 13.0 Å². The van der Waals surface area contributed by atoms with Gasteiger partial charge in [-0.1, -0.05) is 78.9 Å². The van der Waals surface area contributed by atoms with Crippen molar-refractivity contribution in [2.24, 2.45) is 0 Å². The molecular weight excluding hydrogens is 474 g/mol. The van der Waals surface area contributed by atoms with Gasteiger partial charge in [-0.3, -0.25) is 0 Å². The van der Waals surface area contributed by atoms with Gasteiger partial charge in [0.25, 0.3) is 0 Å². The highest BCUT2D eigenvalue weighted by atomic mass is 16.5. The van der Waals surface area contributed by atoms with Gasteiger partial charge in [0.15, 0.2) is 0 Å². The monoisotopic (exact) mass is 511 g/mol. The summed E-state index contributed by atoms with van der Waals surface area (Å²) in [4.78, 5) is 11.6. The molecular formula is C33H37NO4. The van der Waals surface area contributed by atoms with Crippen LogP contribution in [0.1, 0.15) is 53.9 Å². The van der Waals surface area contributed by atoms with Crippen molar-refractivity contribution in [3.63, 3.8) is 0 Å². The van der Waals surface area contributed by atoms with Crippen LogP contribution in [0.5, 0.6) is 0 Å². The highest BCUT2D eigenvalue weighted by molar-refractivity contribution is 5.91. The molecule has 0 aromatic heterocycles. The molecule has 0 fully saturated rings. The van der Waals surface area contributed by atoms with Crippen molar-refractivity contribution in [2.45, 2.75) is 51.9 Å². The van der Waals surface area contributed by atoms with Crippen LogP contribution in [0.25, 0.3) is 21.9 Å². The number of aryl methyl sites for hydroxylation is 1. The molecule has 0 aliphatic carbocycles. The molecule has 0 heterocycles. The molecule has 0 saturated carbocycles. The molecule has 2 atom stereocenters. The Morgan fingerprint density at radius 3 is 2.42 bits per heavy atom. The number of ether oxygens (including phenoxy) is 1. The SMILES string of the molecule is Cc1ccc(-c2ccccc2C(C)OC[C@@H](O)CNC(C)(C)Cc2ccc3ccccc3c2)cc1C(=O)O. The van der Waals surface area contributed by atoms with E-state index in [1.165, 1.54) is 16.3 Å². The minimum absolute atomic E-state index is 0.183. The lowest BCUT2D eigenvalue weighted by Crippen LogP contribution is -2.46. The minimum Gasteiger partial charge on any atom is -0.478 e. The Morgan fingerprint density at radius 1 is 0.947 bits per heavy atom. The Balaban J connectivity index is 1.35. The number of benzene rings is 4. The van der Waals surface area contributed by atoms with Crippen LogP contribution in [0, 0.1) is 6.92 Å². The van der Waals surface area contributed by atoms with E-state index >= 15 is 0 Å². The second-order valence-electron chi connectivity index (χ2n) is 10.7. The van der Waals surface area contributed by atoms with Gasteiger partial charge in [-0.2, -0.15) is 0 Å². The summed E-state index contributed by atoms with van der Waals surface area (Å²) in [5.74, 6) is -0.940. The van der Waals surface area contributed by atoms with Crippen LogP contribution in [0.15, 0.2) is 84.9 Å². The van der Waals surface area contributed by atoms with Crippen molar-refractivity contribution in [1.82, 2.24) is 5.32 Å². The molecule has 5 heteroatoms. The quantitative estimate of drug-likeness (QED) is 0.212. The predicted molar refractivity (Wildman–Crippen MR) is 154 cm³/mol. The standard InChI is InChI=1S/C33H37NO4/c1-22-13-15-27(18-31(22)32(36)37)30-12-8-7-11-29(30)23(2)38-21-28(35)20-34-33(3,4)19-24-14-16-25-9-5-6-10-26(25)17-24/h5-18,23,28,34-35H,19-21H2,1-4H3,(H,36,37)/t23?,28-/m0/s1. The number of hydrogen-bond acceptors (Lipinski definition) is 4. The van der Waals surface area contributed by atoms with Crippen molar-refractivity contribution < 1.29 is 19.7 Å². The van der Waals surface area contributed by atoms with E-state index in [-0.39, 0.29) is 18.2 Å². The zero-order valence-corrected chi connectivity index (χ0v) is 22.6. The summed E-state index contributed by atoms with van der Waals surface area (Å²) >= 11 is 0. The summed E-state index contributed by atoms with van der Waals surface area (Å²) < 4.78 is 6.08. The molecule has 198 valence electrons. The Kier molecular flexibility index (Phi) is 8.62. The van der Waals surface area contributed by atoms with Gasteiger partial charge in [0.1, 0.15) is 0 Å². The number of carboxylic acids is 1. The fourth-order valence-electron chi connectivity index (χ4n) is 4.85. The van der Waals surface area contributed by atoms with Gasteiger partial charge in [0.2, 0.25) is 0 Å². The molecule has 3 N–H and O–H groups in total. The van der Waals surface area contributed by atoms with E-state index in [1.807, 2.05) is 49.4 Å². The van der Waals surface area contributed by atoms with Crippen molar-refractivity contribution >= 4 is 16.7 Å². The van der Waals surface area contributed by atoms with Gasteiger partial charge in [-0.25, -0.2) is 4.79 Å². The van der Waals surface area contributed by atoms with E-state index in [0.29, 0.717) is 12.1 Å². The number of aliphatic hydroxyl groups excluding tert-OH is 1. The van der Waals surface area contributed by atoms with Gasteiger partial charge >= 0.3 is 5.97 Å². The first-order valence-corrected chi connectivity index (χ1v) is 13.1. The van der Waals surface area contributed by atoms with Crippen LogP contribution in [0.4, 0.5) is 0 Å². The van der Waals surface area contributed by atoms with Crippen molar-refractivity contribution in [2.75, 3.05) is 13.2 Å². The second-order valence-corrected chi connectivity index (χ2v) is 10.7. The summed E-state index contributed by atoms with van der Waals surface area (Å²) in [7, 11) is 0. The fourth-order valence-corrected chi connectivity index (χ4v) is 4.85.